The lowest BCUT2D eigenvalue weighted by molar-refractivity contribution is 0.236. The molecule has 0 radical (unpaired) electrons. The van der Waals surface area contributed by atoms with E-state index in [0.717, 1.165) is 25.2 Å². The minimum Gasteiger partial charge on any atom is -0.313 e. The minimum atomic E-state index is -0.343. The van der Waals surface area contributed by atoms with E-state index in [1.54, 1.807) is 6.07 Å². The smallest absolute Gasteiger partial charge is 0.141 e. The van der Waals surface area contributed by atoms with Crippen LogP contribution in [0.5, 0.6) is 0 Å². The van der Waals surface area contributed by atoms with Gasteiger partial charge in [-0.25, -0.2) is 4.39 Å². The standard InChI is InChI=1S/C15H22ClFN2/c1-11(2)18-9-13-4-3-7-19(13)10-12-5-6-15(17)14(16)8-12/h5-6,8,11,13,18H,3-4,7,9-10H2,1-2H3. The highest BCUT2D eigenvalue weighted by Crippen LogP contribution is 2.22. The summed E-state index contributed by atoms with van der Waals surface area (Å²) < 4.78 is 13.1. The van der Waals surface area contributed by atoms with Crippen molar-refractivity contribution in [3.05, 3.63) is 34.6 Å². The molecule has 0 bridgehead atoms. The zero-order valence-corrected chi connectivity index (χ0v) is 12.4. The molecule has 0 amide bonds. The first-order valence-electron chi connectivity index (χ1n) is 6.97. The Labute approximate surface area is 119 Å². The highest BCUT2D eigenvalue weighted by Gasteiger charge is 2.24. The van der Waals surface area contributed by atoms with Gasteiger partial charge in [0, 0.05) is 25.2 Å². The number of benzene rings is 1. The molecule has 1 saturated heterocycles. The molecule has 2 rings (SSSR count). The van der Waals surface area contributed by atoms with Crippen molar-refractivity contribution in [2.45, 2.75) is 45.3 Å². The summed E-state index contributed by atoms with van der Waals surface area (Å²) in [6.45, 7) is 7.31. The van der Waals surface area contributed by atoms with Crippen molar-refractivity contribution in [1.82, 2.24) is 10.2 Å². The van der Waals surface area contributed by atoms with Crippen molar-refractivity contribution in [2.24, 2.45) is 0 Å². The fraction of sp³-hybridized carbons (Fsp3) is 0.600. The lowest BCUT2D eigenvalue weighted by Crippen LogP contribution is -2.39. The molecule has 4 heteroatoms. The Morgan fingerprint density at radius 3 is 2.95 bits per heavy atom. The molecule has 1 aromatic carbocycles. The summed E-state index contributed by atoms with van der Waals surface area (Å²) in [5.74, 6) is -0.343. The number of rotatable bonds is 5. The Morgan fingerprint density at radius 1 is 1.47 bits per heavy atom. The Kier molecular flexibility index (Phi) is 5.20. The maximum absolute atomic E-state index is 13.1. The molecule has 2 nitrogen and oxygen atoms in total. The molecule has 106 valence electrons. The van der Waals surface area contributed by atoms with Crippen LogP contribution in [0.4, 0.5) is 4.39 Å². The van der Waals surface area contributed by atoms with E-state index in [1.807, 2.05) is 6.07 Å². The lowest BCUT2D eigenvalue weighted by Gasteiger charge is -2.25. The summed E-state index contributed by atoms with van der Waals surface area (Å²) in [7, 11) is 0. The Morgan fingerprint density at radius 2 is 2.26 bits per heavy atom. The van der Waals surface area contributed by atoms with Gasteiger partial charge in [0.05, 0.1) is 5.02 Å². The Bertz CT molecular complexity index is 423. The lowest BCUT2D eigenvalue weighted by atomic mass is 10.1. The average molecular weight is 285 g/mol. The van der Waals surface area contributed by atoms with Crippen molar-refractivity contribution in [2.75, 3.05) is 13.1 Å². The first-order chi connectivity index (χ1) is 9.06. The monoisotopic (exact) mass is 284 g/mol. The highest BCUT2D eigenvalue weighted by atomic mass is 35.5. The van der Waals surface area contributed by atoms with Crippen molar-refractivity contribution in [3.63, 3.8) is 0 Å². The quantitative estimate of drug-likeness (QED) is 0.891. The zero-order chi connectivity index (χ0) is 13.8. The molecule has 1 aliphatic rings. The highest BCUT2D eigenvalue weighted by molar-refractivity contribution is 6.30. The molecule has 0 saturated carbocycles. The third kappa shape index (κ3) is 4.16. The summed E-state index contributed by atoms with van der Waals surface area (Å²) in [5, 5.41) is 3.71. The molecule has 1 unspecified atom stereocenters. The third-order valence-corrected chi connectivity index (χ3v) is 3.92. The van der Waals surface area contributed by atoms with Crippen LogP contribution in [0.25, 0.3) is 0 Å². The Balaban J connectivity index is 1.95. The molecule has 1 aromatic rings. The minimum absolute atomic E-state index is 0.216. The second-order valence-corrected chi connectivity index (χ2v) is 5.99. The second-order valence-electron chi connectivity index (χ2n) is 5.58. The summed E-state index contributed by atoms with van der Waals surface area (Å²) in [6, 6.07) is 6.11. The van der Waals surface area contributed by atoms with Gasteiger partial charge in [-0.2, -0.15) is 0 Å². The topological polar surface area (TPSA) is 15.3 Å². The van der Waals surface area contributed by atoms with Crippen LogP contribution in [0.3, 0.4) is 0 Å². The predicted octanol–water partition coefficient (Wildman–Crippen LogP) is 3.44. The van der Waals surface area contributed by atoms with Crippen molar-refractivity contribution in [3.8, 4) is 0 Å². The average Bonchev–Trinajstić information content (AvgIpc) is 2.79. The van der Waals surface area contributed by atoms with Gasteiger partial charge in [-0.1, -0.05) is 31.5 Å². The maximum atomic E-state index is 13.1. The van der Waals surface area contributed by atoms with Gasteiger partial charge in [-0.15, -0.1) is 0 Å². The van der Waals surface area contributed by atoms with Crippen LogP contribution in [0.1, 0.15) is 32.3 Å². The molecule has 19 heavy (non-hydrogen) atoms. The first kappa shape index (κ1) is 14.8. The van der Waals surface area contributed by atoms with Crippen LogP contribution >= 0.6 is 11.6 Å². The van der Waals surface area contributed by atoms with Crippen LogP contribution in [0.2, 0.25) is 5.02 Å². The molecule has 1 atom stereocenters. The van der Waals surface area contributed by atoms with Crippen LogP contribution in [0, 0.1) is 5.82 Å². The molecule has 0 aromatic heterocycles. The van der Waals surface area contributed by atoms with E-state index >= 15 is 0 Å². The summed E-state index contributed by atoms with van der Waals surface area (Å²) >= 11 is 5.83. The van der Waals surface area contributed by atoms with E-state index in [2.05, 4.69) is 24.1 Å². The first-order valence-corrected chi connectivity index (χ1v) is 7.35. The SMILES string of the molecule is CC(C)NCC1CCCN1Cc1ccc(F)c(Cl)c1. The van der Waals surface area contributed by atoms with E-state index in [1.165, 1.54) is 18.9 Å². The second kappa shape index (κ2) is 6.69. The number of likely N-dealkylation sites (tertiary alicyclic amines) is 1. The van der Waals surface area contributed by atoms with Gasteiger partial charge in [-0.05, 0) is 37.1 Å². The van der Waals surface area contributed by atoms with Crippen LogP contribution in [0.15, 0.2) is 18.2 Å². The summed E-state index contributed by atoms with van der Waals surface area (Å²) in [6.07, 6.45) is 2.47. The van der Waals surface area contributed by atoms with Crippen LogP contribution in [-0.2, 0) is 6.54 Å². The number of halogens is 2. The molecule has 1 fully saturated rings. The fourth-order valence-electron chi connectivity index (χ4n) is 2.58. The zero-order valence-electron chi connectivity index (χ0n) is 11.6. The molecular weight excluding hydrogens is 263 g/mol. The van der Waals surface area contributed by atoms with E-state index in [0.29, 0.717) is 12.1 Å². The molecule has 0 aliphatic carbocycles. The summed E-state index contributed by atoms with van der Waals surface area (Å²) in [5.41, 5.74) is 1.09. The van der Waals surface area contributed by atoms with Gasteiger partial charge < -0.3 is 5.32 Å². The van der Waals surface area contributed by atoms with E-state index < -0.39 is 0 Å². The van der Waals surface area contributed by atoms with Gasteiger partial charge in [0.2, 0.25) is 0 Å². The van der Waals surface area contributed by atoms with Gasteiger partial charge >= 0.3 is 0 Å². The maximum Gasteiger partial charge on any atom is 0.141 e. The Hall–Kier alpha value is -0.640. The van der Waals surface area contributed by atoms with Crippen molar-refractivity contribution < 1.29 is 4.39 Å². The number of hydrogen-bond donors (Lipinski definition) is 1. The van der Waals surface area contributed by atoms with Gasteiger partial charge in [0.25, 0.3) is 0 Å². The van der Waals surface area contributed by atoms with Crippen LogP contribution < -0.4 is 5.32 Å². The third-order valence-electron chi connectivity index (χ3n) is 3.63. The van der Waals surface area contributed by atoms with E-state index in [9.17, 15) is 4.39 Å². The largest absolute Gasteiger partial charge is 0.313 e. The molecule has 1 N–H and O–H groups in total. The van der Waals surface area contributed by atoms with E-state index in [-0.39, 0.29) is 10.8 Å². The molecule has 1 heterocycles. The van der Waals surface area contributed by atoms with Crippen molar-refractivity contribution in [1.29, 1.82) is 0 Å². The number of hydrogen-bond acceptors (Lipinski definition) is 2. The normalized spacial score (nSPS) is 20.4. The molecular formula is C15H22ClFN2. The van der Waals surface area contributed by atoms with Gasteiger partial charge in [-0.3, -0.25) is 4.90 Å². The fourth-order valence-corrected chi connectivity index (χ4v) is 2.78. The van der Waals surface area contributed by atoms with Gasteiger partial charge in [0.1, 0.15) is 5.82 Å². The summed E-state index contributed by atoms with van der Waals surface area (Å²) in [4.78, 5) is 2.46. The van der Waals surface area contributed by atoms with Crippen LogP contribution in [-0.4, -0.2) is 30.1 Å². The molecule has 0 spiro atoms. The predicted molar refractivity (Wildman–Crippen MR) is 78.0 cm³/mol. The van der Waals surface area contributed by atoms with Gasteiger partial charge in [0.15, 0.2) is 0 Å². The number of nitrogens with one attached hydrogen (secondary N) is 1. The van der Waals surface area contributed by atoms with E-state index in [4.69, 9.17) is 11.6 Å². The van der Waals surface area contributed by atoms with Crippen molar-refractivity contribution >= 4 is 11.6 Å². The molecule has 1 aliphatic heterocycles. The number of nitrogens with zero attached hydrogens (tertiary/aromatic N) is 1.